The van der Waals surface area contributed by atoms with E-state index in [1.165, 1.54) is 19.2 Å². The fraction of sp³-hybridized carbons (Fsp3) is 0.125. The van der Waals surface area contributed by atoms with E-state index in [2.05, 4.69) is 26.1 Å². The van der Waals surface area contributed by atoms with E-state index in [1.807, 2.05) is 0 Å². The first-order chi connectivity index (χ1) is 11.4. The van der Waals surface area contributed by atoms with Gasteiger partial charge in [0.2, 0.25) is 5.82 Å². The number of hydrogen-bond donors (Lipinski definition) is 0. The Morgan fingerprint density at radius 3 is 2.42 bits per heavy atom. The average molecular weight is 399 g/mol. The lowest BCUT2D eigenvalue weighted by Crippen LogP contribution is -2.04. The summed E-state index contributed by atoms with van der Waals surface area (Å²) >= 11 is 3.38. The highest BCUT2D eigenvalue weighted by Gasteiger charge is 2.30. The predicted octanol–water partition coefficient (Wildman–Crippen LogP) is 5.19. The molecule has 0 atom stereocenters. The number of methoxy groups -OCH3 is 1. The number of halogens is 4. The third kappa shape index (κ3) is 3.28. The molecule has 1 aromatic heterocycles. The molecule has 0 saturated carbocycles. The van der Waals surface area contributed by atoms with E-state index in [0.29, 0.717) is 16.9 Å². The third-order valence-electron chi connectivity index (χ3n) is 3.30. The van der Waals surface area contributed by atoms with Gasteiger partial charge in [-0.3, -0.25) is 0 Å². The lowest BCUT2D eigenvalue weighted by atomic mass is 10.1. The SMILES string of the molecule is COc1ccc(Br)c(-c2nc(-c3ccc(C(F)(F)F)cc3)no2)c1. The van der Waals surface area contributed by atoms with E-state index < -0.39 is 11.7 Å². The summed E-state index contributed by atoms with van der Waals surface area (Å²) in [6, 6.07) is 9.82. The average Bonchev–Trinajstić information content (AvgIpc) is 3.04. The summed E-state index contributed by atoms with van der Waals surface area (Å²) in [7, 11) is 1.54. The van der Waals surface area contributed by atoms with Crippen LogP contribution in [0.3, 0.4) is 0 Å². The zero-order valence-corrected chi connectivity index (χ0v) is 13.9. The Labute approximate surface area is 143 Å². The van der Waals surface area contributed by atoms with Crippen LogP contribution in [0.1, 0.15) is 5.56 Å². The van der Waals surface area contributed by atoms with Crippen molar-refractivity contribution in [2.24, 2.45) is 0 Å². The standard InChI is InChI=1S/C16H10BrF3N2O2/c1-23-11-6-7-13(17)12(8-11)15-21-14(22-24-15)9-2-4-10(5-3-9)16(18,19)20/h2-8H,1H3. The molecule has 0 amide bonds. The van der Waals surface area contributed by atoms with Gasteiger partial charge in [-0.1, -0.05) is 17.3 Å². The first-order valence-electron chi connectivity index (χ1n) is 6.74. The fourth-order valence-corrected chi connectivity index (χ4v) is 2.47. The van der Waals surface area contributed by atoms with Crippen LogP contribution in [-0.2, 0) is 6.18 Å². The molecule has 0 aliphatic heterocycles. The summed E-state index contributed by atoms with van der Waals surface area (Å²) in [6.45, 7) is 0. The second-order valence-corrected chi connectivity index (χ2v) is 5.70. The summed E-state index contributed by atoms with van der Waals surface area (Å²) in [5.41, 5.74) is 0.322. The monoisotopic (exact) mass is 398 g/mol. The number of rotatable bonds is 3. The van der Waals surface area contributed by atoms with Gasteiger partial charge in [-0.2, -0.15) is 18.2 Å². The van der Waals surface area contributed by atoms with Gasteiger partial charge < -0.3 is 9.26 Å². The highest BCUT2D eigenvalue weighted by atomic mass is 79.9. The maximum Gasteiger partial charge on any atom is 0.416 e. The molecule has 0 aliphatic rings. The Kier molecular flexibility index (Phi) is 4.31. The number of aromatic nitrogens is 2. The fourth-order valence-electron chi connectivity index (χ4n) is 2.05. The minimum absolute atomic E-state index is 0.202. The van der Waals surface area contributed by atoms with Gasteiger partial charge in [0.05, 0.1) is 18.2 Å². The number of alkyl halides is 3. The van der Waals surface area contributed by atoms with E-state index in [4.69, 9.17) is 9.26 Å². The summed E-state index contributed by atoms with van der Waals surface area (Å²) in [4.78, 5) is 4.23. The predicted molar refractivity (Wildman–Crippen MR) is 84.4 cm³/mol. The topological polar surface area (TPSA) is 48.2 Å². The molecule has 0 N–H and O–H groups in total. The summed E-state index contributed by atoms with van der Waals surface area (Å²) in [5, 5.41) is 3.82. The van der Waals surface area contributed by atoms with Crippen molar-refractivity contribution in [2.45, 2.75) is 6.18 Å². The molecule has 0 bridgehead atoms. The van der Waals surface area contributed by atoms with Gasteiger partial charge in [0.15, 0.2) is 0 Å². The van der Waals surface area contributed by atoms with Crippen LogP contribution in [0.15, 0.2) is 51.5 Å². The van der Waals surface area contributed by atoms with Crippen molar-refractivity contribution in [3.05, 3.63) is 52.5 Å². The van der Waals surface area contributed by atoms with Gasteiger partial charge in [-0.05, 0) is 46.3 Å². The van der Waals surface area contributed by atoms with E-state index in [0.717, 1.165) is 16.6 Å². The molecule has 0 aliphatic carbocycles. The van der Waals surface area contributed by atoms with Gasteiger partial charge in [-0.15, -0.1) is 0 Å². The largest absolute Gasteiger partial charge is 0.497 e. The number of hydrogen-bond acceptors (Lipinski definition) is 4. The third-order valence-corrected chi connectivity index (χ3v) is 3.99. The Morgan fingerprint density at radius 2 is 1.79 bits per heavy atom. The van der Waals surface area contributed by atoms with E-state index >= 15 is 0 Å². The van der Waals surface area contributed by atoms with Gasteiger partial charge in [0, 0.05) is 10.0 Å². The molecule has 124 valence electrons. The van der Waals surface area contributed by atoms with Gasteiger partial charge >= 0.3 is 6.18 Å². The lowest BCUT2D eigenvalue weighted by Gasteiger charge is -2.05. The van der Waals surface area contributed by atoms with Crippen molar-refractivity contribution >= 4 is 15.9 Å². The second-order valence-electron chi connectivity index (χ2n) is 4.84. The smallest absolute Gasteiger partial charge is 0.416 e. The molecule has 0 fully saturated rings. The molecule has 8 heteroatoms. The van der Waals surface area contributed by atoms with Crippen molar-refractivity contribution in [3.8, 4) is 28.6 Å². The molecule has 0 saturated heterocycles. The van der Waals surface area contributed by atoms with Crippen LogP contribution in [0.4, 0.5) is 13.2 Å². The highest BCUT2D eigenvalue weighted by molar-refractivity contribution is 9.10. The van der Waals surface area contributed by atoms with Crippen LogP contribution in [0, 0.1) is 0 Å². The van der Waals surface area contributed by atoms with Crippen LogP contribution >= 0.6 is 15.9 Å². The molecule has 3 aromatic rings. The Morgan fingerprint density at radius 1 is 1.08 bits per heavy atom. The number of ether oxygens (including phenoxy) is 1. The first kappa shape index (κ1) is 16.5. The molecule has 4 nitrogen and oxygen atoms in total. The van der Waals surface area contributed by atoms with Crippen LogP contribution in [0.5, 0.6) is 5.75 Å². The van der Waals surface area contributed by atoms with E-state index in [-0.39, 0.29) is 11.7 Å². The summed E-state index contributed by atoms with van der Waals surface area (Å²) < 4.78 is 48.9. The molecular formula is C16H10BrF3N2O2. The van der Waals surface area contributed by atoms with Crippen molar-refractivity contribution < 1.29 is 22.4 Å². The van der Waals surface area contributed by atoms with Crippen molar-refractivity contribution in [2.75, 3.05) is 7.11 Å². The first-order valence-corrected chi connectivity index (χ1v) is 7.53. The van der Waals surface area contributed by atoms with Crippen molar-refractivity contribution in [3.63, 3.8) is 0 Å². The summed E-state index contributed by atoms with van der Waals surface area (Å²) in [6.07, 6.45) is -4.38. The molecule has 24 heavy (non-hydrogen) atoms. The Balaban J connectivity index is 1.94. The second kappa shape index (κ2) is 6.27. The molecule has 2 aromatic carbocycles. The Bertz CT molecular complexity index is 861. The van der Waals surface area contributed by atoms with Crippen molar-refractivity contribution in [1.82, 2.24) is 10.1 Å². The zero-order valence-electron chi connectivity index (χ0n) is 12.3. The quantitative estimate of drug-likeness (QED) is 0.608. The Hall–Kier alpha value is -2.35. The van der Waals surface area contributed by atoms with Crippen LogP contribution in [0.2, 0.25) is 0 Å². The van der Waals surface area contributed by atoms with Gasteiger partial charge in [0.25, 0.3) is 5.89 Å². The lowest BCUT2D eigenvalue weighted by molar-refractivity contribution is -0.137. The minimum atomic E-state index is -4.38. The van der Waals surface area contributed by atoms with Crippen LogP contribution < -0.4 is 4.74 Å². The van der Waals surface area contributed by atoms with Crippen LogP contribution in [-0.4, -0.2) is 17.3 Å². The maximum absolute atomic E-state index is 12.6. The molecule has 3 rings (SSSR count). The molecule has 1 heterocycles. The number of nitrogens with zero attached hydrogens (tertiary/aromatic N) is 2. The molecule has 0 radical (unpaired) electrons. The van der Waals surface area contributed by atoms with Gasteiger partial charge in [0.1, 0.15) is 5.75 Å². The summed E-state index contributed by atoms with van der Waals surface area (Å²) in [5.74, 6) is 1.05. The van der Waals surface area contributed by atoms with E-state index in [1.54, 1.807) is 18.2 Å². The van der Waals surface area contributed by atoms with E-state index in [9.17, 15) is 13.2 Å². The molecule has 0 spiro atoms. The van der Waals surface area contributed by atoms with Crippen molar-refractivity contribution in [1.29, 1.82) is 0 Å². The van der Waals surface area contributed by atoms with Gasteiger partial charge in [-0.25, -0.2) is 0 Å². The highest BCUT2D eigenvalue weighted by Crippen LogP contribution is 2.33. The maximum atomic E-state index is 12.6. The molecule has 0 unspecified atom stereocenters. The normalized spacial score (nSPS) is 11.5. The number of benzene rings is 2. The van der Waals surface area contributed by atoms with Crippen LogP contribution in [0.25, 0.3) is 22.8 Å². The molecular weight excluding hydrogens is 389 g/mol. The minimum Gasteiger partial charge on any atom is -0.497 e. The zero-order chi connectivity index (χ0) is 17.3.